The van der Waals surface area contributed by atoms with E-state index in [1.165, 1.54) is 10.9 Å². The Labute approximate surface area is 121 Å². The molecule has 0 aliphatic heterocycles. The highest BCUT2D eigenvalue weighted by Gasteiger charge is 2.06. The van der Waals surface area contributed by atoms with E-state index in [1.807, 2.05) is 6.07 Å². The minimum absolute atomic E-state index is 0.528. The van der Waals surface area contributed by atoms with Crippen molar-refractivity contribution >= 4 is 32.8 Å². The van der Waals surface area contributed by atoms with Gasteiger partial charge >= 0.3 is 0 Å². The molecule has 102 valence electrons. The van der Waals surface area contributed by atoms with Gasteiger partial charge in [-0.05, 0) is 30.5 Å². The molecule has 0 amide bonds. The molecule has 2 rings (SSSR count). The van der Waals surface area contributed by atoms with Crippen LogP contribution in [0.4, 0.5) is 0 Å². The maximum absolute atomic E-state index is 5.76. The van der Waals surface area contributed by atoms with Gasteiger partial charge in [-0.15, -0.1) is 0 Å². The fourth-order valence-corrected chi connectivity index (χ4v) is 2.64. The molecule has 1 heterocycles. The zero-order valence-electron chi connectivity index (χ0n) is 11.0. The number of nitrogens with two attached hydrogens (primary N) is 1. The van der Waals surface area contributed by atoms with Crippen LogP contribution < -0.4 is 11.1 Å². The number of hydrogen-bond donors (Lipinski definition) is 3. The van der Waals surface area contributed by atoms with E-state index in [0.29, 0.717) is 5.96 Å². The van der Waals surface area contributed by atoms with Crippen molar-refractivity contribution in [3.8, 4) is 0 Å². The fraction of sp³-hybridized carbons (Fsp3) is 0.357. The predicted molar refractivity (Wildman–Crippen MR) is 84.5 cm³/mol. The van der Waals surface area contributed by atoms with Gasteiger partial charge in [-0.1, -0.05) is 28.9 Å². The minimum atomic E-state index is 0.528. The molecule has 0 fully saturated rings. The summed E-state index contributed by atoms with van der Waals surface area (Å²) < 4.78 is 1.12. The van der Waals surface area contributed by atoms with Crippen LogP contribution in [0.15, 0.2) is 33.9 Å². The second kappa shape index (κ2) is 6.61. The molecule has 0 unspecified atom stereocenters. The lowest BCUT2D eigenvalue weighted by atomic mass is 10.1. The van der Waals surface area contributed by atoms with E-state index in [2.05, 4.69) is 56.5 Å². The molecule has 0 saturated carbocycles. The van der Waals surface area contributed by atoms with Gasteiger partial charge in [0.05, 0.1) is 0 Å². The Morgan fingerprint density at radius 3 is 3.11 bits per heavy atom. The number of benzene rings is 1. The number of nitrogens with zero attached hydrogens (tertiary/aromatic N) is 1. The van der Waals surface area contributed by atoms with Crippen LogP contribution in [0, 0.1) is 0 Å². The zero-order valence-corrected chi connectivity index (χ0v) is 12.6. The molecule has 0 radical (unpaired) electrons. The van der Waals surface area contributed by atoms with Crippen LogP contribution >= 0.6 is 15.9 Å². The molecule has 4 N–H and O–H groups in total. The van der Waals surface area contributed by atoms with Gasteiger partial charge in [-0.25, -0.2) is 0 Å². The van der Waals surface area contributed by atoms with Crippen molar-refractivity contribution in [2.75, 3.05) is 13.1 Å². The quantitative estimate of drug-likeness (QED) is 0.585. The lowest BCUT2D eigenvalue weighted by molar-refractivity contribution is 0.842. The summed E-state index contributed by atoms with van der Waals surface area (Å²) in [5.41, 5.74) is 8.19. The lowest BCUT2D eigenvalue weighted by Gasteiger charge is -2.05. The Balaban J connectivity index is 1.99. The molecule has 0 atom stereocenters. The monoisotopic (exact) mass is 322 g/mol. The number of aromatic nitrogens is 1. The third-order valence-corrected chi connectivity index (χ3v) is 3.60. The molecular formula is C14H19BrN4. The number of hydrogen-bond acceptors (Lipinski definition) is 1. The van der Waals surface area contributed by atoms with Crippen molar-refractivity contribution in [3.63, 3.8) is 0 Å². The zero-order chi connectivity index (χ0) is 13.7. The summed E-state index contributed by atoms with van der Waals surface area (Å²) in [4.78, 5) is 7.49. The average molecular weight is 323 g/mol. The van der Waals surface area contributed by atoms with Crippen molar-refractivity contribution in [2.24, 2.45) is 10.7 Å². The predicted octanol–water partition coefficient (Wildman–Crippen LogP) is 2.79. The van der Waals surface area contributed by atoms with Gasteiger partial charge in [0.2, 0.25) is 0 Å². The number of aliphatic imine (C=N–C) groups is 1. The van der Waals surface area contributed by atoms with E-state index in [1.54, 1.807) is 0 Å². The largest absolute Gasteiger partial charge is 0.370 e. The Morgan fingerprint density at radius 2 is 2.32 bits per heavy atom. The topological polar surface area (TPSA) is 66.2 Å². The number of nitrogens with one attached hydrogen (secondary N) is 2. The number of guanidine groups is 1. The van der Waals surface area contributed by atoms with Crippen molar-refractivity contribution in [3.05, 3.63) is 34.4 Å². The van der Waals surface area contributed by atoms with Gasteiger partial charge in [0.25, 0.3) is 0 Å². The third-order valence-electron chi connectivity index (χ3n) is 2.94. The van der Waals surface area contributed by atoms with Crippen LogP contribution in [0.3, 0.4) is 0 Å². The fourth-order valence-electron chi connectivity index (χ4n) is 2.02. The van der Waals surface area contributed by atoms with E-state index >= 15 is 0 Å². The molecule has 1 aromatic carbocycles. The molecule has 5 heteroatoms. The standard InChI is InChI=1S/C14H19BrN4/c1-2-7-17-14(16)18-8-6-10-9-19-12-5-3-4-11(15)13(10)12/h3-5,9,19H,2,6-8H2,1H3,(H3,16,17,18). The van der Waals surface area contributed by atoms with Crippen LogP contribution in [-0.4, -0.2) is 24.0 Å². The van der Waals surface area contributed by atoms with Crippen molar-refractivity contribution < 1.29 is 0 Å². The Bertz CT molecular complexity index is 574. The van der Waals surface area contributed by atoms with Crippen LogP contribution in [-0.2, 0) is 6.42 Å². The van der Waals surface area contributed by atoms with Crippen molar-refractivity contribution in [1.29, 1.82) is 0 Å². The summed E-state index contributed by atoms with van der Waals surface area (Å²) in [5, 5.41) is 4.38. The van der Waals surface area contributed by atoms with Gasteiger partial charge in [0.1, 0.15) is 0 Å². The molecular weight excluding hydrogens is 304 g/mol. The summed E-state index contributed by atoms with van der Waals surface area (Å²) in [7, 11) is 0. The first kappa shape index (κ1) is 13.9. The third kappa shape index (κ3) is 3.50. The van der Waals surface area contributed by atoms with Crippen LogP contribution in [0.5, 0.6) is 0 Å². The molecule has 0 aliphatic rings. The SMILES string of the molecule is CCCN=C(N)NCCc1c[nH]c2cccc(Br)c12. The van der Waals surface area contributed by atoms with E-state index in [-0.39, 0.29) is 0 Å². The Morgan fingerprint density at radius 1 is 1.47 bits per heavy atom. The van der Waals surface area contributed by atoms with Gasteiger partial charge in [0, 0.05) is 34.7 Å². The number of halogens is 1. The minimum Gasteiger partial charge on any atom is -0.370 e. The number of aromatic amines is 1. The first-order chi connectivity index (χ1) is 9.22. The van der Waals surface area contributed by atoms with Crippen LogP contribution in [0.1, 0.15) is 18.9 Å². The van der Waals surface area contributed by atoms with Gasteiger partial charge in [-0.2, -0.15) is 0 Å². The molecule has 1 aromatic heterocycles. The Kier molecular flexibility index (Phi) is 4.85. The van der Waals surface area contributed by atoms with Crippen LogP contribution in [0.2, 0.25) is 0 Å². The smallest absolute Gasteiger partial charge is 0.188 e. The highest BCUT2D eigenvalue weighted by Crippen LogP contribution is 2.26. The molecule has 0 spiro atoms. The summed E-state index contributed by atoms with van der Waals surface area (Å²) in [6.07, 6.45) is 3.97. The van der Waals surface area contributed by atoms with E-state index < -0.39 is 0 Å². The molecule has 0 saturated heterocycles. The first-order valence-electron chi connectivity index (χ1n) is 6.50. The molecule has 4 nitrogen and oxygen atoms in total. The van der Waals surface area contributed by atoms with Gasteiger partial charge in [-0.3, -0.25) is 4.99 Å². The number of H-pyrrole nitrogens is 1. The van der Waals surface area contributed by atoms with Crippen molar-refractivity contribution in [2.45, 2.75) is 19.8 Å². The number of rotatable bonds is 5. The average Bonchev–Trinajstić information content (AvgIpc) is 2.81. The van der Waals surface area contributed by atoms with Gasteiger partial charge < -0.3 is 16.0 Å². The van der Waals surface area contributed by atoms with E-state index in [4.69, 9.17) is 5.73 Å². The second-order valence-corrected chi connectivity index (χ2v) is 5.27. The van der Waals surface area contributed by atoms with E-state index in [9.17, 15) is 0 Å². The lowest BCUT2D eigenvalue weighted by Crippen LogP contribution is -2.33. The van der Waals surface area contributed by atoms with E-state index in [0.717, 1.165) is 35.9 Å². The number of fused-ring (bicyclic) bond motifs is 1. The first-order valence-corrected chi connectivity index (χ1v) is 7.30. The maximum atomic E-state index is 5.76. The molecule has 19 heavy (non-hydrogen) atoms. The summed E-state index contributed by atoms with van der Waals surface area (Å²) in [6, 6.07) is 6.17. The normalized spacial score (nSPS) is 12.0. The van der Waals surface area contributed by atoms with Gasteiger partial charge in [0.15, 0.2) is 5.96 Å². The molecule has 2 aromatic rings. The van der Waals surface area contributed by atoms with Crippen LogP contribution in [0.25, 0.3) is 10.9 Å². The molecule has 0 aliphatic carbocycles. The maximum Gasteiger partial charge on any atom is 0.188 e. The molecule has 0 bridgehead atoms. The second-order valence-electron chi connectivity index (χ2n) is 4.42. The summed E-state index contributed by atoms with van der Waals surface area (Å²) in [5.74, 6) is 0.528. The Hall–Kier alpha value is -1.49. The highest BCUT2D eigenvalue weighted by molar-refractivity contribution is 9.10. The van der Waals surface area contributed by atoms with Crippen molar-refractivity contribution in [1.82, 2.24) is 10.3 Å². The summed E-state index contributed by atoms with van der Waals surface area (Å²) >= 11 is 3.59. The summed E-state index contributed by atoms with van der Waals surface area (Å²) in [6.45, 7) is 3.64. The highest BCUT2D eigenvalue weighted by atomic mass is 79.9.